The summed E-state index contributed by atoms with van der Waals surface area (Å²) in [7, 11) is 1.53. The third-order valence-electron chi connectivity index (χ3n) is 3.04. The zero-order valence-corrected chi connectivity index (χ0v) is 11.4. The number of amides is 1. The average molecular weight is 255 g/mol. The van der Waals surface area contributed by atoms with Gasteiger partial charge in [0.05, 0.1) is 0 Å². The van der Waals surface area contributed by atoms with Crippen LogP contribution in [0.4, 0.5) is 8.78 Å². The number of carbonyl (C=O) groups excluding carboxylic acids is 1. The highest BCUT2D eigenvalue weighted by Gasteiger charge is 2.23. The van der Waals surface area contributed by atoms with Gasteiger partial charge in [-0.2, -0.15) is 0 Å². The van der Waals surface area contributed by atoms with E-state index in [0.29, 0.717) is 5.56 Å². The molecule has 0 N–H and O–H groups in total. The van der Waals surface area contributed by atoms with Gasteiger partial charge in [0.2, 0.25) is 0 Å². The summed E-state index contributed by atoms with van der Waals surface area (Å²) in [5.41, 5.74) is 0.0735. The summed E-state index contributed by atoms with van der Waals surface area (Å²) in [5.74, 6) is -2.20. The molecule has 100 valence electrons. The van der Waals surface area contributed by atoms with Crippen LogP contribution >= 0.6 is 0 Å². The maximum absolute atomic E-state index is 13.9. The van der Waals surface area contributed by atoms with E-state index < -0.39 is 23.1 Å². The average Bonchev–Trinajstić information content (AvgIpc) is 2.26. The number of rotatable bonds is 3. The maximum Gasteiger partial charge on any atom is 0.259 e. The fourth-order valence-corrected chi connectivity index (χ4v) is 1.54. The van der Waals surface area contributed by atoms with E-state index in [4.69, 9.17) is 0 Å². The van der Waals surface area contributed by atoms with Gasteiger partial charge in [-0.15, -0.1) is 0 Å². The van der Waals surface area contributed by atoms with Crippen molar-refractivity contribution in [2.75, 3.05) is 7.05 Å². The van der Waals surface area contributed by atoms with Crippen molar-refractivity contribution in [1.29, 1.82) is 0 Å². The van der Waals surface area contributed by atoms with Crippen LogP contribution in [-0.4, -0.2) is 23.9 Å². The van der Waals surface area contributed by atoms with E-state index in [0.717, 1.165) is 0 Å². The number of hydrogen-bond donors (Lipinski definition) is 0. The normalized spacial score (nSPS) is 11.2. The number of halogens is 2. The Labute approximate surface area is 107 Å². The van der Waals surface area contributed by atoms with Gasteiger partial charge in [0.15, 0.2) is 0 Å². The second-order valence-electron chi connectivity index (χ2n) is 5.02. The van der Waals surface area contributed by atoms with Crippen LogP contribution in [0, 0.1) is 11.6 Å². The molecular weight excluding hydrogens is 236 g/mol. The number of benzene rings is 1. The Morgan fingerprint density at radius 1 is 1.11 bits per heavy atom. The van der Waals surface area contributed by atoms with E-state index in [1.54, 1.807) is 13.8 Å². The van der Waals surface area contributed by atoms with E-state index in [1.165, 1.54) is 24.1 Å². The van der Waals surface area contributed by atoms with E-state index in [2.05, 4.69) is 0 Å². The lowest BCUT2D eigenvalue weighted by Crippen LogP contribution is -2.34. The first-order valence-corrected chi connectivity index (χ1v) is 6.01. The van der Waals surface area contributed by atoms with Crippen LogP contribution in [0.2, 0.25) is 0 Å². The predicted octanol–water partition coefficient (Wildman–Crippen LogP) is 3.57. The highest BCUT2D eigenvalue weighted by molar-refractivity contribution is 5.94. The molecule has 0 heterocycles. The molecular formula is C14H19F2NO. The molecule has 0 aliphatic rings. The minimum Gasteiger partial charge on any atom is -0.339 e. The molecule has 0 saturated carbocycles. The van der Waals surface area contributed by atoms with Crippen LogP contribution in [0.25, 0.3) is 0 Å². The Morgan fingerprint density at radius 2 is 1.56 bits per heavy atom. The van der Waals surface area contributed by atoms with Gasteiger partial charge in [0, 0.05) is 13.1 Å². The number of nitrogens with zero attached hydrogens (tertiary/aromatic N) is 1. The van der Waals surface area contributed by atoms with Gasteiger partial charge in [-0.1, -0.05) is 13.8 Å². The molecule has 4 heteroatoms. The third-order valence-corrected chi connectivity index (χ3v) is 3.04. The highest BCUT2D eigenvalue weighted by Crippen LogP contribution is 2.22. The topological polar surface area (TPSA) is 20.3 Å². The lowest BCUT2D eigenvalue weighted by Gasteiger charge is -2.22. The number of hydrogen-bond acceptors (Lipinski definition) is 1. The Bertz CT molecular complexity index is 432. The van der Waals surface area contributed by atoms with Gasteiger partial charge in [-0.3, -0.25) is 4.79 Å². The summed E-state index contributed by atoms with van der Waals surface area (Å²) in [5, 5.41) is 0. The quantitative estimate of drug-likeness (QED) is 0.808. The van der Waals surface area contributed by atoms with Crippen LogP contribution in [0.15, 0.2) is 12.1 Å². The molecule has 0 aliphatic heterocycles. The first-order chi connectivity index (χ1) is 8.25. The van der Waals surface area contributed by atoms with Gasteiger partial charge >= 0.3 is 0 Å². The summed E-state index contributed by atoms with van der Waals surface area (Å²) in [6, 6.07) is 2.35. The SMILES string of the molecule is CC(C)c1cc(F)c(C(=O)N(C)C(C)C)c(F)c1. The standard InChI is InChI=1S/C14H19F2NO/c1-8(2)10-6-11(15)13(12(16)7-10)14(18)17(5)9(3)4/h6-9H,1-5H3. The summed E-state index contributed by atoms with van der Waals surface area (Å²) in [4.78, 5) is 13.3. The van der Waals surface area contributed by atoms with Crippen molar-refractivity contribution >= 4 is 5.91 Å². The molecule has 0 bridgehead atoms. The van der Waals surface area contributed by atoms with Crippen LogP contribution in [0.1, 0.15) is 49.5 Å². The molecule has 0 saturated heterocycles. The summed E-state index contributed by atoms with van der Waals surface area (Å²) in [6.45, 7) is 7.26. The van der Waals surface area contributed by atoms with Crippen LogP contribution in [-0.2, 0) is 0 Å². The lowest BCUT2D eigenvalue weighted by atomic mass is 10.00. The molecule has 1 rings (SSSR count). The van der Waals surface area contributed by atoms with Gasteiger partial charge in [-0.05, 0) is 37.5 Å². The molecule has 2 nitrogen and oxygen atoms in total. The smallest absolute Gasteiger partial charge is 0.259 e. The van der Waals surface area contributed by atoms with E-state index in [1.807, 2.05) is 13.8 Å². The fraction of sp³-hybridized carbons (Fsp3) is 0.500. The van der Waals surface area contributed by atoms with Crippen molar-refractivity contribution in [3.8, 4) is 0 Å². The lowest BCUT2D eigenvalue weighted by molar-refractivity contribution is 0.0745. The van der Waals surface area contributed by atoms with Crippen LogP contribution in [0.3, 0.4) is 0 Å². The molecule has 1 aromatic rings. The molecule has 18 heavy (non-hydrogen) atoms. The first-order valence-electron chi connectivity index (χ1n) is 6.01. The fourth-order valence-electron chi connectivity index (χ4n) is 1.54. The van der Waals surface area contributed by atoms with E-state index >= 15 is 0 Å². The van der Waals surface area contributed by atoms with Crippen molar-refractivity contribution in [2.45, 2.75) is 39.7 Å². The van der Waals surface area contributed by atoms with E-state index in [-0.39, 0.29) is 12.0 Å². The number of carbonyl (C=O) groups is 1. The Kier molecular flexibility index (Phi) is 4.43. The van der Waals surface area contributed by atoms with Gasteiger partial charge in [-0.25, -0.2) is 8.78 Å². The molecule has 0 aliphatic carbocycles. The zero-order chi connectivity index (χ0) is 14.0. The Balaban J connectivity index is 3.22. The molecule has 0 spiro atoms. The monoisotopic (exact) mass is 255 g/mol. The van der Waals surface area contributed by atoms with Crippen molar-refractivity contribution < 1.29 is 13.6 Å². The van der Waals surface area contributed by atoms with Crippen molar-refractivity contribution in [3.63, 3.8) is 0 Å². The predicted molar refractivity (Wildman–Crippen MR) is 67.7 cm³/mol. The molecule has 0 atom stereocenters. The highest BCUT2D eigenvalue weighted by atomic mass is 19.1. The minimum atomic E-state index is -0.795. The molecule has 1 aromatic carbocycles. The summed E-state index contributed by atoms with van der Waals surface area (Å²) < 4.78 is 27.7. The zero-order valence-electron chi connectivity index (χ0n) is 11.4. The van der Waals surface area contributed by atoms with Crippen molar-refractivity contribution in [3.05, 3.63) is 34.9 Å². The van der Waals surface area contributed by atoms with E-state index in [9.17, 15) is 13.6 Å². The van der Waals surface area contributed by atoms with Gasteiger partial charge in [0.25, 0.3) is 5.91 Å². The summed E-state index contributed by atoms with van der Waals surface area (Å²) in [6.07, 6.45) is 0. The van der Waals surface area contributed by atoms with Crippen LogP contribution < -0.4 is 0 Å². The second kappa shape index (κ2) is 5.46. The van der Waals surface area contributed by atoms with Gasteiger partial charge < -0.3 is 4.90 Å². The molecule has 1 amide bonds. The van der Waals surface area contributed by atoms with Gasteiger partial charge in [0.1, 0.15) is 17.2 Å². The molecule has 0 radical (unpaired) electrons. The first kappa shape index (κ1) is 14.6. The maximum atomic E-state index is 13.9. The minimum absolute atomic E-state index is 0.0148. The van der Waals surface area contributed by atoms with Crippen LogP contribution in [0.5, 0.6) is 0 Å². The van der Waals surface area contributed by atoms with Crippen molar-refractivity contribution in [2.24, 2.45) is 0 Å². The van der Waals surface area contributed by atoms with Crippen molar-refractivity contribution in [1.82, 2.24) is 4.90 Å². The molecule has 0 aromatic heterocycles. The Morgan fingerprint density at radius 3 is 1.89 bits per heavy atom. The summed E-state index contributed by atoms with van der Waals surface area (Å²) >= 11 is 0. The third kappa shape index (κ3) is 2.86. The second-order valence-corrected chi connectivity index (χ2v) is 5.02. The molecule has 0 fully saturated rings. The largest absolute Gasteiger partial charge is 0.339 e. The molecule has 0 unspecified atom stereocenters. The Hall–Kier alpha value is -1.45.